The molecular formula is C13H15N3O2. The van der Waals surface area contributed by atoms with Gasteiger partial charge in [-0.25, -0.2) is 0 Å². The van der Waals surface area contributed by atoms with Crippen LogP contribution in [0, 0.1) is 5.92 Å². The smallest absolute Gasteiger partial charge is 0.167 e. The van der Waals surface area contributed by atoms with Crippen LogP contribution >= 0.6 is 0 Å². The molecule has 0 amide bonds. The monoisotopic (exact) mass is 245 g/mol. The number of phenolic OH excluding ortho intramolecular Hbond substituents is 1. The minimum Gasteiger partial charge on any atom is -0.507 e. The lowest BCUT2D eigenvalue weighted by molar-refractivity contribution is 0.191. The predicted octanol–water partition coefficient (Wildman–Crippen LogP) is 1.21. The quantitative estimate of drug-likeness (QED) is 0.834. The van der Waals surface area contributed by atoms with E-state index in [-0.39, 0.29) is 18.3 Å². The summed E-state index contributed by atoms with van der Waals surface area (Å²) < 4.78 is 2.00. The molecule has 1 unspecified atom stereocenters. The Labute approximate surface area is 105 Å². The topological polar surface area (TPSA) is 71.2 Å². The molecule has 1 aromatic carbocycles. The molecule has 2 aromatic rings. The molecule has 18 heavy (non-hydrogen) atoms. The summed E-state index contributed by atoms with van der Waals surface area (Å²) >= 11 is 0. The van der Waals surface area contributed by atoms with Crippen molar-refractivity contribution in [2.24, 2.45) is 5.92 Å². The van der Waals surface area contributed by atoms with Crippen LogP contribution in [0.2, 0.25) is 0 Å². The first-order valence-corrected chi connectivity index (χ1v) is 6.11. The van der Waals surface area contributed by atoms with Gasteiger partial charge in [0, 0.05) is 25.5 Å². The van der Waals surface area contributed by atoms with Crippen LogP contribution in [0.3, 0.4) is 0 Å². The normalized spacial score (nSPS) is 18.6. The molecule has 0 bridgehead atoms. The highest BCUT2D eigenvalue weighted by Gasteiger charge is 2.23. The van der Waals surface area contributed by atoms with Gasteiger partial charge in [0.25, 0.3) is 0 Å². The van der Waals surface area contributed by atoms with E-state index in [0.29, 0.717) is 17.9 Å². The second-order valence-electron chi connectivity index (χ2n) is 4.65. The van der Waals surface area contributed by atoms with Crippen LogP contribution in [-0.4, -0.2) is 31.6 Å². The summed E-state index contributed by atoms with van der Waals surface area (Å²) in [5.41, 5.74) is 0.690. The van der Waals surface area contributed by atoms with Crippen molar-refractivity contribution < 1.29 is 10.2 Å². The number of fused-ring (bicyclic) bond motifs is 1. The molecular weight excluding hydrogens is 230 g/mol. The van der Waals surface area contributed by atoms with E-state index in [1.54, 1.807) is 12.1 Å². The molecule has 0 aliphatic carbocycles. The summed E-state index contributed by atoms with van der Waals surface area (Å²) in [7, 11) is 0. The number of aliphatic hydroxyl groups is 1. The number of aryl methyl sites for hydroxylation is 1. The summed E-state index contributed by atoms with van der Waals surface area (Å²) in [4.78, 5) is 0. The van der Waals surface area contributed by atoms with Crippen molar-refractivity contribution in [3.05, 3.63) is 30.1 Å². The molecule has 2 N–H and O–H groups in total. The first kappa shape index (κ1) is 11.2. The SMILES string of the molecule is OCC1CCc2nnc(-c3ccccc3O)n2C1. The average Bonchev–Trinajstić information content (AvgIpc) is 2.82. The van der Waals surface area contributed by atoms with Crippen LogP contribution in [0.25, 0.3) is 11.4 Å². The maximum absolute atomic E-state index is 9.88. The van der Waals surface area contributed by atoms with E-state index in [1.165, 1.54) is 0 Å². The second kappa shape index (κ2) is 4.42. The van der Waals surface area contributed by atoms with Crippen molar-refractivity contribution >= 4 is 0 Å². The van der Waals surface area contributed by atoms with Gasteiger partial charge in [0.15, 0.2) is 5.82 Å². The Morgan fingerprint density at radius 2 is 2.11 bits per heavy atom. The van der Waals surface area contributed by atoms with Crippen molar-refractivity contribution in [3.63, 3.8) is 0 Å². The van der Waals surface area contributed by atoms with Gasteiger partial charge in [-0.2, -0.15) is 0 Å². The Morgan fingerprint density at radius 1 is 1.28 bits per heavy atom. The number of nitrogens with zero attached hydrogens (tertiary/aromatic N) is 3. The van der Waals surface area contributed by atoms with E-state index in [9.17, 15) is 10.2 Å². The van der Waals surface area contributed by atoms with Crippen LogP contribution in [-0.2, 0) is 13.0 Å². The van der Waals surface area contributed by atoms with E-state index < -0.39 is 0 Å². The number of hydrogen-bond donors (Lipinski definition) is 2. The van der Waals surface area contributed by atoms with Crippen molar-refractivity contribution in [2.75, 3.05) is 6.61 Å². The number of aromatic hydroxyl groups is 1. The van der Waals surface area contributed by atoms with Gasteiger partial charge in [-0.1, -0.05) is 12.1 Å². The van der Waals surface area contributed by atoms with Gasteiger partial charge in [0.05, 0.1) is 5.56 Å². The van der Waals surface area contributed by atoms with Crippen LogP contribution in [0.15, 0.2) is 24.3 Å². The molecule has 3 rings (SSSR count). The Kier molecular flexibility index (Phi) is 2.76. The van der Waals surface area contributed by atoms with E-state index in [0.717, 1.165) is 18.7 Å². The molecule has 1 aliphatic heterocycles. The highest BCUT2D eigenvalue weighted by Crippen LogP contribution is 2.30. The summed E-state index contributed by atoms with van der Waals surface area (Å²) in [5.74, 6) is 2.07. The van der Waals surface area contributed by atoms with Crippen LogP contribution in [0.1, 0.15) is 12.2 Å². The molecule has 0 radical (unpaired) electrons. The fraction of sp³-hybridized carbons (Fsp3) is 0.385. The van der Waals surface area contributed by atoms with Gasteiger partial charge in [0.1, 0.15) is 11.6 Å². The maximum Gasteiger partial charge on any atom is 0.167 e. The van der Waals surface area contributed by atoms with Crippen molar-refractivity contribution in [1.29, 1.82) is 0 Å². The Morgan fingerprint density at radius 3 is 2.89 bits per heavy atom. The highest BCUT2D eigenvalue weighted by molar-refractivity contribution is 5.63. The van der Waals surface area contributed by atoms with Gasteiger partial charge >= 0.3 is 0 Å². The lowest BCUT2D eigenvalue weighted by atomic mass is 10.00. The first-order chi connectivity index (χ1) is 8.79. The third-order valence-corrected chi connectivity index (χ3v) is 3.45. The van der Waals surface area contributed by atoms with E-state index >= 15 is 0 Å². The molecule has 0 saturated carbocycles. The minimum atomic E-state index is 0.178. The Hall–Kier alpha value is -1.88. The lowest BCUT2D eigenvalue weighted by Crippen LogP contribution is -2.23. The van der Waals surface area contributed by atoms with E-state index in [2.05, 4.69) is 10.2 Å². The van der Waals surface area contributed by atoms with Crippen LogP contribution in [0.5, 0.6) is 5.75 Å². The predicted molar refractivity (Wildman–Crippen MR) is 66.0 cm³/mol. The van der Waals surface area contributed by atoms with Gasteiger partial charge in [-0.3, -0.25) is 0 Å². The van der Waals surface area contributed by atoms with Crippen LogP contribution in [0.4, 0.5) is 0 Å². The van der Waals surface area contributed by atoms with E-state index in [1.807, 2.05) is 16.7 Å². The zero-order valence-electron chi connectivity index (χ0n) is 9.95. The van der Waals surface area contributed by atoms with Crippen molar-refractivity contribution in [3.8, 4) is 17.1 Å². The summed E-state index contributed by atoms with van der Waals surface area (Å²) in [6, 6.07) is 7.12. The Balaban J connectivity index is 2.05. The molecule has 5 nitrogen and oxygen atoms in total. The Bertz CT molecular complexity index is 565. The van der Waals surface area contributed by atoms with Gasteiger partial charge in [-0.15, -0.1) is 10.2 Å². The number of para-hydroxylation sites is 1. The van der Waals surface area contributed by atoms with Crippen molar-refractivity contribution in [1.82, 2.24) is 14.8 Å². The maximum atomic E-state index is 9.88. The lowest BCUT2D eigenvalue weighted by Gasteiger charge is -2.22. The number of benzene rings is 1. The van der Waals surface area contributed by atoms with Gasteiger partial charge in [-0.05, 0) is 18.6 Å². The third-order valence-electron chi connectivity index (χ3n) is 3.45. The average molecular weight is 245 g/mol. The van der Waals surface area contributed by atoms with Gasteiger partial charge < -0.3 is 14.8 Å². The number of aliphatic hydroxyl groups excluding tert-OH is 1. The van der Waals surface area contributed by atoms with E-state index in [4.69, 9.17) is 0 Å². The largest absolute Gasteiger partial charge is 0.507 e. The van der Waals surface area contributed by atoms with Gasteiger partial charge in [0.2, 0.25) is 0 Å². The highest BCUT2D eigenvalue weighted by atomic mass is 16.3. The fourth-order valence-corrected chi connectivity index (χ4v) is 2.41. The fourth-order valence-electron chi connectivity index (χ4n) is 2.41. The second-order valence-corrected chi connectivity index (χ2v) is 4.65. The third kappa shape index (κ3) is 1.76. The van der Waals surface area contributed by atoms with Crippen molar-refractivity contribution in [2.45, 2.75) is 19.4 Å². The first-order valence-electron chi connectivity index (χ1n) is 6.11. The standard InChI is InChI=1S/C13H15N3O2/c17-8-9-5-6-12-14-15-13(16(12)7-9)10-3-1-2-4-11(10)18/h1-4,9,17-18H,5-8H2. The number of phenols is 1. The number of hydrogen-bond acceptors (Lipinski definition) is 4. The molecule has 0 fully saturated rings. The molecule has 1 aromatic heterocycles. The molecule has 5 heteroatoms. The zero-order chi connectivity index (χ0) is 12.5. The number of rotatable bonds is 2. The van der Waals surface area contributed by atoms with Crippen LogP contribution < -0.4 is 0 Å². The molecule has 1 aliphatic rings. The zero-order valence-corrected chi connectivity index (χ0v) is 9.95. The number of aromatic nitrogens is 3. The molecule has 0 spiro atoms. The summed E-state index contributed by atoms with van der Waals surface area (Å²) in [6.07, 6.45) is 1.77. The molecule has 1 atom stereocenters. The minimum absolute atomic E-state index is 0.178. The molecule has 94 valence electrons. The molecule has 2 heterocycles. The summed E-state index contributed by atoms with van der Waals surface area (Å²) in [5, 5.41) is 27.5. The summed E-state index contributed by atoms with van der Waals surface area (Å²) in [6.45, 7) is 0.889. The molecule has 0 saturated heterocycles.